The molecule has 3 nitrogen and oxygen atoms in total. The highest BCUT2D eigenvalue weighted by molar-refractivity contribution is 4.83. The van der Waals surface area contributed by atoms with E-state index in [1.165, 1.54) is 38.8 Å². The summed E-state index contributed by atoms with van der Waals surface area (Å²) in [5.74, 6) is 0. The zero-order chi connectivity index (χ0) is 11.4. The summed E-state index contributed by atoms with van der Waals surface area (Å²) in [4.78, 5) is 2.68. The van der Waals surface area contributed by atoms with Gasteiger partial charge in [0.05, 0.1) is 0 Å². The van der Waals surface area contributed by atoms with E-state index in [-0.39, 0.29) is 1.43 Å². The molecule has 1 N–H and O–H groups in total. The normalized spacial score (nSPS) is 26.4. The minimum Gasteiger partial charge on any atom is -0.381 e. The maximum absolute atomic E-state index is 5.43. The Balaban J connectivity index is 0.00000144. The maximum atomic E-state index is 5.43. The number of piperidine rings is 1. The van der Waals surface area contributed by atoms with Crippen LogP contribution < -0.4 is 5.32 Å². The number of ether oxygens (including phenoxy) is 1. The second-order valence-electron chi connectivity index (χ2n) is 5.48. The van der Waals surface area contributed by atoms with Crippen molar-refractivity contribution in [1.29, 1.82) is 0 Å². The average molecular weight is 228 g/mol. The lowest BCUT2D eigenvalue weighted by atomic mass is 9.99. The highest BCUT2D eigenvalue weighted by Crippen LogP contribution is 2.19. The first-order valence-corrected chi connectivity index (χ1v) is 6.83. The van der Waals surface area contributed by atoms with Gasteiger partial charge in [0.1, 0.15) is 0 Å². The molecule has 2 heterocycles. The van der Waals surface area contributed by atoms with Crippen molar-refractivity contribution in [3.63, 3.8) is 0 Å². The van der Waals surface area contributed by atoms with Gasteiger partial charge >= 0.3 is 0 Å². The van der Waals surface area contributed by atoms with E-state index in [0.717, 1.165) is 25.3 Å². The van der Waals surface area contributed by atoms with Crippen LogP contribution in [0, 0.1) is 0 Å². The number of rotatable bonds is 3. The third-order valence-electron chi connectivity index (χ3n) is 3.81. The van der Waals surface area contributed by atoms with Gasteiger partial charge in [0.25, 0.3) is 0 Å². The highest BCUT2D eigenvalue weighted by Gasteiger charge is 2.26. The number of likely N-dealkylation sites (tertiary alicyclic amines) is 1. The van der Waals surface area contributed by atoms with Gasteiger partial charge in [0.15, 0.2) is 0 Å². The van der Waals surface area contributed by atoms with Crippen LogP contribution in [0.15, 0.2) is 0 Å². The molecule has 16 heavy (non-hydrogen) atoms. The van der Waals surface area contributed by atoms with Crippen molar-refractivity contribution in [3.8, 4) is 0 Å². The third-order valence-corrected chi connectivity index (χ3v) is 3.81. The van der Waals surface area contributed by atoms with Crippen molar-refractivity contribution >= 4 is 0 Å². The van der Waals surface area contributed by atoms with Crippen molar-refractivity contribution < 1.29 is 6.16 Å². The lowest BCUT2D eigenvalue weighted by molar-refractivity contribution is 0.0235. The molecular formula is C13H28N2O. The molecule has 0 unspecified atom stereocenters. The van der Waals surface area contributed by atoms with E-state index >= 15 is 0 Å². The Labute approximate surface area is 101 Å². The lowest BCUT2D eigenvalue weighted by Gasteiger charge is -2.39. The fourth-order valence-electron chi connectivity index (χ4n) is 2.95. The predicted molar refractivity (Wildman–Crippen MR) is 68.8 cm³/mol. The third kappa shape index (κ3) is 3.44. The van der Waals surface area contributed by atoms with Crippen LogP contribution >= 0.6 is 0 Å². The van der Waals surface area contributed by atoms with Crippen molar-refractivity contribution in [2.75, 3.05) is 26.3 Å². The van der Waals surface area contributed by atoms with Crippen molar-refractivity contribution in [1.82, 2.24) is 10.2 Å². The first kappa shape index (κ1) is 12.3. The summed E-state index contributed by atoms with van der Waals surface area (Å²) in [6.45, 7) is 8.96. The smallest absolute Gasteiger partial charge is 0.0480 e. The molecule has 0 bridgehead atoms. The molecule has 0 aromatic heterocycles. The SMILES string of the molecule is CC(C)NC1CCN(C2CCOCC2)CC1.[HH]. The van der Waals surface area contributed by atoms with Gasteiger partial charge in [-0.15, -0.1) is 0 Å². The van der Waals surface area contributed by atoms with Crippen molar-refractivity contribution in [2.45, 2.75) is 57.7 Å². The van der Waals surface area contributed by atoms with E-state index in [9.17, 15) is 0 Å². The van der Waals surface area contributed by atoms with Crippen LogP contribution in [-0.2, 0) is 4.74 Å². The highest BCUT2D eigenvalue weighted by atomic mass is 16.5. The van der Waals surface area contributed by atoms with Gasteiger partial charge in [0.2, 0.25) is 0 Å². The van der Waals surface area contributed by atoms with E-state index in [1.54, 1.807) is 0 Å². The van der Waals surface area contributed by atoms with Gasteiger partial charge in [-0.2, -0.15) is 0 Å². The van der Waals surface area contributed by atoms with Crippen molar-refractivity contribution in [3.05, 3.63) is 0 Å². The Hall–Kier alpha value is -0.120. The molecule has 96 valence electrons. The largest absolute Gasteiger partial charge is 0.381 e. The van der Waals surface area contributed by atoms with Gasteiger partial charge in [-0.05, 0) is 38.8 Å². The molecule has 2 aliphatic rings. The van der Waals surface area contributed by atoms with Crippen LogP contribution in [0.5, 0.6) is 0 Å². The van der Waals surface area contributed by atoms with Crippen LogP contribution in [0.2, 0.25) is 0 Å². The topological polar surface area (TPSA) is 24.5 Å². The van der Waals surface area contributed by atoms with Gasteiger partial charge < -0.3 is 15.0 Å². The zero-order valence-corrected chi connectivity index (χ0v) is 10.7. The summed E-state index contributed by atoms with van der Waals surface area (Å²) in [7, 11) is 0. The monoisotopic (exact) mass is 228 g/mol. The summed E-state index contributed by atoms with van der Waals surface area (Å²) in [6.07, 6.45) is 5.11. The fourth-order valence-corrected chi connectivity index (χ4v) is 2.95. The van der Waals surface area contributed by atoms with Gasteiger partial charge in [-0.1, -0.05) is 13.8 Å². The Morgan fingerprint density at radius 1 is 1.12 bits per heavy atom. The Kier molecular flexibility index (Phi) is 4.62. The molecule has 0 aromatic rings. The molecule has 0 amide bonds. The number of hydrogen-bond acceptors (Lipinski definition) is 3. The first-order chi connectivity index (χ1) is 7.75. The molecular weight excluding hydrogens is 200 g/mol. The van der Waals surface area contributed by atoms with E-state index in [2.05, 4.69) is 24.1 Å². The summed E-state index contributed by atoms with van der Waals surface area (Å²) < 4.78 is 5.43. The Morgan fingerprint density at radius 3 is 2.31 bits per heavy atom. The Morgan fingerprint density at radius 2 is 1.75 bits per heavy atom. The van der Waals surface area contributed by atoms with E-state index in [0.29, 0.717) is 6.04 Å². The minimum absolute atomic E-state index is 0. The molecule has 0 saturated carbocycles. The fraction of sp³-hybridized carbons (Fsp3) is 1.00. The molecule has 3 heteroatoms. The molecule has 0 atom stereocenters. The van der Waals surface area contributed by atoms with Gasteiger partial charge in [-0.25, -0.2) is 0 Å². The quantitative estimate of drug-likeness (QED) is 0.798. The van der Waals surface area contributed by atoms with E-state index in [4.69, 9.17) is 4.74 Å². The van der Waals surface area contributed by atoms with Gasteiger partial charge in [0, 0.05) is 32.8 Å². The van der Waals surface area contributed by atoms with Crippen LogP contribution in [0.4, 0.5) is 0 Å². The summed E-state index contributed by atoms with van der Waals surface area (Å²) >= 11 is 0. The van der Waals surface area contributed by atoms with Crippen LogP contribution in [0.25, 0.3) is 0 Å². The predicted octanol–water partition coefficient (Wildman–Crippen LogP) is 1.87. The first-order valence-electron chi connectivity index (χ1n) is 6.83. The number of nitrogens with zero attached hydrogens (tertiary/aromatic N) is 1. The van der Waals surface area contributed by atoms with Crippen LogP contribution in [0.3, 0.4) is 0 Å². The second-order valence-corrected chi connectivity index (χ2v) is 5.48. The van der Waals surface area contributed by atoms with E-state index < -0.39 is 0 Å². The van der Waals surface area contributed by atoms with Crippen LogP contribution in [-0.4, -0.2) is 49.3 Å². The molecule has 0 aliphatic carbocycles. The number of hydrogen-bond donors (Lipinski definition) is 1. The zero-order valence-electron chi connectivity index (χ0n) is 10.7. The molecule has 0 aromatic carbocycles. The summed E-state index contributed by atoms with van der Waals surface area (Å²) in [5.41, 5.74) is 0. The lowest BCUT2D eigenvalue weighted by Crippen LogP contribution is -2.49. The second kappa shape index (κ2) is 5.99. The summed E-state index contributed by atoms with van der Waals surface area (Å²) in [6, 6.07) is 2.17. The maximum Gasteiger partial charge on any atom is 0.0480 e. The molecule has 2 saturated heterocycles. The molecule has 0 spiro atoms. The molecule has 0 radical (unpaired) electrons. The van der Waals surface area contributed by atoms with Crippen molar-refractivity contribution in [2.24, 2.45) is 0 Å². The molecule has 2 aliphatic heterocycles. The van der Waals surface area contributed by atoms with E-state index in [1.807, 2.05) is 0 Å². The summed E-state index contributed by atoms with van der Waals surface area (Å²) in [5, 5.41) is 3.65. The van der Waals surface area contributed by atoms with Gasteiger partial charge in [-0.3, -0.25) is 0 Å². The average Bonchev–Trinajstić information content (AvgIpc) is 2.30. The standard InChI is InChI=1S/C13H26N2O.H2/c1-11(2)14-12-3-7-15(8-4-12)13-5-9-16-10-6-13;/h11-14H,3-10H2,1-2H3;1H. The number of nitrogens with one attached hydrogen (secondary N) is 1. The molecule has 2 rings (SSSR count). The minimum atomic E-state index is 0. The Bertz CT molecular complexity index is 200. The molecule has 2 fully saturated rings. The van der Waals surface area contributed by atoms with Crippen LogP contribution in [0.1, 0.15) is 41.0 Å².